The standard InChI is InChI=1S/C20H16N4O2S2/c1-12(25)22-20-24-16-8-3-13(9-18(16)28-20)17-10-21-11-19(23-17)27-15-6-4-14(26-2)5-7-15/h3-11H,1-2H3,(H,22,24,25). The van der Waals surface area contributed by atoms with E-state index < -0.39 is 0 Å². The molecule has 1 N–H and O–H groups in total. The molecule has 0 saturated carbocycles. The molecule has 0 spiro atoms. The first-order chi connectivity index (χ1) is 13.6. The molecule has 4 aromatic rings. The maximum atomic E-state index is 11.2. The summed E-state index contributed by atoms with van der Waals surface area (Å²) in [5.41, 5.74) is 2.58. The maximum Gasteiger partial charge on any atom is 0.223 e. The van der Waals surface area contributed by atoms with Crippen LogP contribution in [0.4, 0.5) is 5.13 Å². The van der Waals surface area contributed by atoms with Crippen LogP contribution in [0.25, 0.3) is 21.5 Å². The Morgan fingerprint density at radius 1 is 1.11 bits per heavy atom. The van der Waals surface area contributed by atoms with Crippen molar-refractivity contribution in [1.82, 2.24) is 15.0 Å². The van der Waals surface area contributed by atoms with Gasteiger partial charge in [-0.2, -0.15) is 0 Å². The highest BCUT2D eigenvalue weighted by molar-refractivity contribution is 7.99. The molecule has 2 heterocycles. The maximum absolute atomic E-state index is 11.2. The molecule has 1 amide bonds. The van der Waals surface area contributed by atoms with Crippen LogP contribution in [0.2, 0.25) is 0 Å². The van der Waals surface area contributed by atoms with Gasteiger partial charge in [-0.25, -0.2) is 9.97 Å². The Labute approximate surface area is 170 Å². The van der Waals surface area contributed by atoms with Gasteiger partial charge in [-0.05, 0) is 36.4 Å². The van der Waals surface area contributed by atoms with Gasteiger partial charge in [-0.1, -0.05) is 29.2 Å². The predicted molar refractivity (Wildman–Crippen MR) is 112 cm³/mol. The second-order valence-electron chi connectivity index (χ2n) is 5.90. The number of benzene rings is 2. The zero-order valence-corrected chi connectivity index (χ0v) is 16.8. The topological polar surface area (TPSA) is 77.0 Å². The average Bonchev–Trinajstić information content (AvgIpc) is 3.09. The van der Waals surface area contributed by atoms with E-state index in [9.17, 15) is 4.79 Å². The highest BCUT2D eigenvalue weighted by atomic mass is 32.2. The van der Waals surface area contributed by atoms with E-state index in [0.29, 0.717) is 5.13 Å². The van der Waals surface area contributed by atoms with Crippen LogP contribution < -0.4 is 10.1 Å². The number of methoxy groups -OCH3 is 1. The van der Waals surface area contributed by atoms with Crippen molar-refractivity contribution in [2.24, 2.45) is 0 Å². The fourth-order valence-electron chi connectivity index (χ4n) is 2.59. The number of amides is 1. The summed E-state index contributed by atoms with van der Waals surface area (Å²) in [6.45, 7) is 1.47. The molecular weight excluding hydrogens is 392 g/mol. The van der Waals surface area contributed by atoms with Gasteiger partial charge in [0.15, 0.2) is 5.13 Å². The van der Waals surface area contributed by atoms with E-state index in [4.69, 9.17) is 9.72 Å². The molecule has 0 unspecified atom stereocenters. The number of hydrogen-bond donors (Lipinski definition) is 1. The van der Waals surface area contributed by atoms with Crippen LogP contribution in [0.1, 0.15) is 6.92 Å². The highest BCUT2D eigenvalue weighted by Gasteiger charge is 2.09. The Kier molecular flexibility index (Phi) is 5.23. The quantitative estimate of drug-likeness (QED) is 0.508. The number of aromatic nitrogens is 3. The monoisotopic (exact) mass is 408 g/mol. The molecule has 0 fully saturated rings. The summed E-state index contributed by atoms with van der Waals surface area (Å²) in [5.74, 6) is 0.689. The van der Waals surface area contributed by atoms with E-state index in [-0.39, 0.29) is 5.91 Å². The lowest BCUT2D eigenvalue weighted by Gasteiger charge is -2.05. The van der Waals surface area contributed by atoms with Crippen molar-refractivity contribution in [2.75, 3.05) is 12.4 Å². The normalized spacial score (nSPS) is 10.8. The summed E-state index contributed by atoms with van der Waals surface area (Å²) < 4.78 is 6.17. The van der Waals surface area contributed by atoms with Crippen molar-refractivity contribution in [3.05, 3.63) is 54.9 Å². The Morgan fingerprint density at radius 2 is 1.93 bits per heavy atom. The number of hydrogen-bond acceptors (Lipinski definition) is 7. The van der Waals surface area contributed by atoms with E-state index >= 15 is 0 Å². The molecule has 8 heteroatoms. The van der Waals surface area contributed by atoms with E-state index in [1.54, 1.807) is 31.3 Å². The van der Waals surface area contributed by atoms with Gasteiger partial charge in [-0.3, -0.25) is 9.78 Å². The average molecular weight is 409 g/mol. The number of thiazole rings is 1. The SMILES string of the molecule is COc1ccc(Sc2cncc(-c3ccc4nc(NC(C)=O)sc4c3)n2)cc1. The van der Waals surface area contributed by atoms with Gasteiger partial charge < -0.3 is 10.1 Å². The molecule has 140 valence electrons. The van der Waals surface area contributed by atoms with Crippen LogP contribution in [0.15, 0.2) is 64.8 Å². The Bertz CT molecular complexity index is 1140. The number of nitrogens with one attached hydrogen (secondary N) is 1. The fraction of sp³-hybridized carbons (Fsp3) is 0.100. The number of anilines is 1. The predicted octanol–water partition coefficient (Wildman–Crippen LogP) is 4.87. The highest BCUT2D eigenvalue weighted by Crippen LogP contribution is 2.32. The molecule has 4 rings (SSSR count). The lowest BCUT2D eigenvalue weighted by atomic mass is 10.1. The van der Waals surface area contributed by atoms with Crippen molar-refractivity contribution in [3.8, 4) is 17.0 Å². The number of fused-ring (bicyclic) bond motifs is 1. The first-order valence-electron chi connectivity index (χ1n) is 8.43. The molecule has 2 aromatic heterocycles. The first kappa shape index (κ1) is 18.4. The van der Waals surface area contributed by atoms with Crippen LogP contribution in [-0.4, -0.2) is 28.0 Å². The van der Waals surface area contributed by atoms with E-state index in [2.05, 4.69) is 15.3 Å². The third-order valence-corrected chi connectivity index (χ3v) is 5.71. The fourth-order valence-corrected chi connectivity index (χ4v) is 4.31. The molecule has 0 aliphatic carbocycles. The van der Waals surface area contributed by atoms with Gasteiger partial charge in [0.1, 0.15) is 10.8 Å². The van der Waals surface area contributed by atoms with E-state index in [1.165, 1.54) is 18.3 Å². The molecule has 0 saturated heterocycles. The Hall–Kier alpha value is -2.97. The number of carbonyl (C=O) groups is 1. The van der Waals surface area contributed by atoms with Gasteiger partial charge in [0, 0.05) is 17.4 Å². The zero-order chi connectivity index (χ0) is 19.5. The minimum absolute atomic E-state index is 0.131. The summed E-state index contributed by atoms with van der Waals surface area (Å²) >= 11 is 2.98. The van der Waals surface area contributed by atoms with Crippen molar-refractivity contribution in [3.63, 3.8) is 0 Å². The van der Waals surface area contributed by atoms with Gasteiger partial charge in [-0.15, -0.1) is 0 Å². The summed E-state index contributed by atoms with van der Waals surface area (Å²) in [5, 5.41) is 4.13. The number of nitrogens with zero attached hydrogens (tertiary/aromatic N) is 3. The molecule has 0 radical (unpaired) electrons. The smallest absolute Gasteiger partial charge is 0.223 e. The second-order valence-corrected chi connectivity index (χ2v) is 8.03. The van der Waals surface area contributed by atoms with Gasteiger partial charge >= 0.3 is 0 Å². The lowest BCUT2D eigenvalue weighted by Crippen LogP contribution is -2.04. The third kappa shape index (κ3) is 4.13. The lowest BCUT2D eigenvalue weighted by molar-refractivity contribution is -0.114. The van der Waals surface area contributed by atoms with Gasteiger partial charge in [0.25, 0.3) is 0 Å². The van der Waals surface area contributed by atoms with E-state index in [0.717, 1.165) is 37.1 Å². The van der Waals surface area contributed by atoms with Crippen molar-refractivity contribution < 1.29 is 9.53 Å². The largest absolute Gasteiger partial charge is 0.497 e. The van der Waals surface area contributed by atoms with Crippen molar-refractivity contribution in [1.29, 1.82) is 0 Å². The van der Waals surface area contributed by atoms with E-state index in [1.807, 2.05) is 42.5 Å². The van der Waals surface area contributed by atoms with Crippen LogP contribution in [0.5, 0.6) is 5.75 Å². The Balaban J connectivity index is 1.60. The molecule has 0 aliphatic rings. The van der Waals surface area contributed by atoms with Gasteiger partial charge in [0.05, 0.1) is 35.4 Å². The summed E-state index contributed by atoms with van der Waals surface area (Å²) in [6.07, 6.45) is 3.49. The minimum Gasteiger partial charge on any atom is -0.497 e. The summed E-state index contributed by atoms with van der Waals surface area (Å²) in [6, 6.07) is 13.7. The van der Waals surface area contributed by atoms with Crippen LogP contribution in [0.3, 0.4) is 0 Å². The molecule has 2 aromatic carbocycles. The van der Waals surface area contributed by atoms with Crippen molar-refractivity contribution in [2.45, 2.75) is 16.8 Å². The molecular formula is C20H16N4O2S2. The number of rotatable bonds is 5. The first-order valence-corrected chi connectivity index (χ1v) is 10.1. The van der Waals surface area contributed by atoms with Gasteiger partial charge in [0.2, 0.25) is 5.91 Å². The molecule has 0 aliphatic heterocycles. The minimum atomic E-state index is -0.131. The number of carbonyl (C=O) groups excluding carboxylic acids is 1. The summed E-state index contributed by atoms with van der Waals surface area (Å²) in [7, 11) is 1.65. The second kappa shape index (κ2) is 7.95. The Morgan fingerprint density at radius 3 is 2.68 bits per heavy atom. The molecule has 28 heavy (non-hydrogen) atoms. The zero-order valence-electron chi connectivity index (χ0n) is 15.2. The number of ether oxygens (including phenoxy) is 1. The molecule has 6 nitrogen and oxygen atoms in total. The van der Waals surface area contributed by atoms with Crippen LogP contribution in [-0.2, 0) is 4.79 Å². The molecule has 0 bridgehead atoms. The third-order valence-electron chi connectivity index (χ3n) is 3.86. The van der Waals surface area contributed by atoms with Crippen LogP contribution in [0, 0.1) is 0 Å². The molecule has 0 atom stereocenters. The summed E-state index contributed by atoms with van der Waals surface area (Å²) in [4.78, 5) is 25.8. The van der Waals surface area contributed by atoms with Crippen molar-refractivity contribution >= 4 is 44.4 Å². The van der Waals surface area contributed by atoms with Crippen LogP contribution >= 0.6 is 23.1 Å².